The van der Waals surface area contributed by atoms with Gasteiger partial charge >= 0.3 is 0 Å². The molecule has 1 amide bonds. The molecular weight excluding hydrogens is 363 g/mol. The van der Waals surface area contributed by atoms with Gasteiger partial charge in [0.25, 0.3) is 11.5 Å². The topological polar surface area (TPSA) is 90.0 Å². The second-order valence-corrected chi connectivity index (χ2v) is 6.26. The second-order valence-electron chi connectivity index (χ2n) is 5.42. The van der Waals surface area contributed by atoms with Crippen LogP contribution < -0.4 is 16.8 Å². The molecule has 0 bridgehead atoms. The second kappa shape index (κ2) is 7.23. The fourth-order valence-corrected chi connectivity index (χ4v) is 3.01. The Kier molecular flexibility index (Phi) is 5.03. The van der Waals surface area contributed by atoms with Crippen LogP contribution >= 0.6 is 23.2 Å². The van der Waals surface area contributed by atoms with Crippen LogP contribution in [0, 0.1) is 0 Å². The summed E-state index contributed by atoms with van der Waals surface area (Å²) in [5.41, 5.74) is 3.02. The first-order valence-electron chi connectivity index (χ1n) is 7.41. The molecule has 25 heavy (non-hydrogen) atoms. The van der Waals surface area contributed by atoms with Gasteiger partial charge in [-0.25, -0.2) is 10.8 Å². The van der Waals surface area contributed by atoms with E-state index in [0.717, 1.165) is 5.56 Å². The Labute approximate surface area is 153 Å². The molecule has 0 radical (unpaired) electrons. The molecule has 3 aromatic rings. The number of carbonyl (C=O) groups excluding carboxylic acids is 1. The summed E-state index contributed by atoms with van der Waals surface area (Å²) in [7, 11) is 0. The van der Waals surface area contributed by atoms with Crippen molar-refractivity contribution in [2.45, 2.75) is 13.0 Å². The Bertz CT molecular complexity index is 1020. The molecule has 0 saturated carbocycles. The molecule has 0 aliphatic rings. The van der Waals surface area contributed by atoms with Gasteiger partial charge in [0.2, 0.25) is 0 Å². The molecule has 3 rings (SSSR count). The number of carbonyl (C=O) groups is 1. The number of benzene rings is 2. The Hall–Kier alpha value is -2.41. The first-order valence-corrected chi connectivity index (χ1v) is 8.17. The summed E-state index contributed by atoms with van der Waals surface area (Å²) < 4.78 is 1.30. The predicted molar refractivity (Wildman–Crippen MR) is 97.6 cm³/mol. The average Bonchev–Trinajstić information content (AvgIpc) is 2.60. The van der Waals surface area contributed by atoms with Gasteiger partial charge in [-0.2, -0.15) is 0 Å². The first-order chi connectivity index (χ1) is 12.0. The number of nitrogens with two attached hydrogens (primary N) is 1. The molecule has 0 unspecified atom stereocenters. The van der Waals surface area contributed by atoms with Crippen molar-refractivity contribution in [3.05, 3.63) is 74.3 Å². The zero-order valence-electron chi connectivity index (χ0n) is 13.0. The van der Waals surface area contributed by atoms with E-state index in [9.17, 15) is 9.59 Å². The fourth-order valence-electron chi connectivity index (χ4n) is 2.54. The van der Waals surface area contributed by atoms with Gasteiger partial charge < -0.3 is 0 Å². The average molecular weight is 377 g/mol. The SMILES string of the molecule is NNC(=O)Cn1c(Cc2ccc(Cl)cc2Cl)nc2ccccc2c1=O. The summed E-state index contributed by atoms with van der Waals surface area (Å²) in [4.78, 5) is 29.0. The number of hydrogen-bond acceptors (Lipinski definition) is 4. The van der Waals surface area contributed by atoms with Gasteiger partial charge in [-0.1, -0.05) is 41.4 Å². The van der Waals surface area contributed by atoms with E-state index >= 15 is 0 Å². The summed E-state index contributed by atoms with van der Waals surface area (Å²) in [5, 5.41) is 1.41. The molecule has 1 aromatic heterocycles. The molecule has 0 saturated heterocycles. The van der Waals surface area contributed by atoms with Crippen molar-refractivity contribution < 1.29 is 4.79 Å². The maximum atomic E-state index is 12.8. The minimum absolute atomic E-state index is 0.228. The number of nitrogens with zero attached hydrogens (tertiary/aromatic N) is 2. The van der Waals surface area contributed by atoms with Crippen molar-refractivity contribution >= 4 is 40.0 Å². The molecule has 6 nitrogen and oxygen atoms in total. The van der Waals surface area contributed by atoms with Crippen LogP contribution in [-0.4, -0.2) is 15.5 Å². The highest BCUT2D eigenvalue weighted by Gasteiger charge is 2.15. The minimum Gasteiger partial charge on any atom is -0.293 e. The number of para-hydroxylation sites is 1. The van der Waals surface area contributed by atoms with Crippen LogP contribution in [0.15, 0.2) is 47.3 Å². The highest BCUT2D eigenvalue weighted by molar-refractivity contribution is 6.35. The van der Waals surface area contributed by atoms with Gasteiger partial charge in [0.05, 0.1) is 10.9 Å². The van der Waals surface area contributed by atoms with Crippen molar-refractivity contribution in [2.75, 3.05) is 0 Å². The van der Waals surface area contributed by atoms with Crippen LogP contribution in [0.4, 0.5) is 0 Å². The number of amides is 1. The molecule has 8 heteroatoms. The molecule has 0 aliphatic heterocycles. The quantitative estimate of drug-likeness (QED) is 0.415. The summed E-state index contributed by atoms with van der Waals surface area (Å²) >= 11 is 12.1. The normalized spacial score (nSPS) is 10.8. The Morgan fingerprint density at radius 3 is 2.68 bits per heavy atom. The Morgan fingerprint density at radius 1 is 1.20 bits per heavy atom. The molecule has 0 atom stereocenters. The van der Waals surface area contributed by atoms with Crippen molar-refractivity contribution in [3.8, 4) is 0 Å². The number of rotatable bonds is 4. The number of halogens is 2. The number of hydrogen-bond donors (Lipinski definition) is 2. The van der Waals surface area contributed by atoms with Crippen LogP contribution in [0.1, 0.15) is 11.4 Å². The summed E-state index contributed by atoms with van der Waals surface area (Å²) in [6.07, 6.45) is 0.272. The highest BCUT2D eigenvalue weighted by Crippen LogP contribution is 2.23. The zero-order valence-corrected chi connectivity index (χ0v) is 14.5. The molecule has 2 aromatic carbocycles. The molecule has 0 fully saturated rings. The van der Waals surface area contributed by atoms with Gasteiger partial charge in [0.15, 0.2) is 0 Å². The summed E-state index contributed by atoms with van der Waals surface area (Å²) in [6, 6.07) is 12.0. The van der Waals surface area contributed by atoms with E-state index in [0.29, 0.717) is 26.8 Å². The standard InChI is InChI=1S/C17H14Cl2N4O2/c18-11-6-5-10(13(19)8-11)7-15-21-14-4-2-1-3-12(14)17(25)23(15)9-16(24)22-20/h1-6,8H,7,9,20H2,(H,22,24). The fraction of sp³-hybridized carbons (Fsp3) is 0.118. The van der Waals surface area contributed by atoms with Gasteiger partial charge in [0.1, 0.15) is 12.4 Å². The molecule has 1 heterocycles. The maximum Gasteiger partial charge on any atom is 0.261 e. The lowest BCUT2D eigenvalue weighted by Gasteiger charge is -2.13. The Morgan fingerprint density at radius 2 is 1.96 bits per heavy atom. The molecule has 128 valence electrons. The van der Waals surface area contributed by atoms with E-state index in [1.54, 1.807) is 42.5 Å². The van der Waals surface area contributed by atoms with E-state index in [1.165, 1.54) is 4.57 Å². The molecule has 3 N–H and O–H groups in total. The van der Waals surface area contributed by atoms with E-state index in [4.69, 9.17) is 29.0 Å². The third-order valence-electron chi connectivity index (χ3n) is 3.77. The summed E-state index contributed by atoms with van der Waals surface area (Å²) in [5.74, 6) is 5.07. The minimum atomic E-state index is -0.498. The van der Waals surface area contributed by atoms with Crippen LogP contribution in [0.25, 0.3) is 10.9 Å². The third-order valence-corrected chi connectivity index (χ3v) is 4.35. The number of nitrogens with one attached hydrogen (secondary N) is 1. The lowest BCUT2D eigenvalue weighted by atomic mass is 10.1. The van der Waals surface area contributed by atoms with Gasteiger partial charge in [-0.15, -0.1) is 0 Å². The monoisotopic (exact) mass is 376 g/mol. The van der Waals surface area contributed by atoms with Crippen molar-refractivity contribution in [2.24, 2.45) is 5.84 Å². The highest BCUT2D eigenvalue weighted by atomic mass is 35.5. The van der Waals surface area contributed by atoms with E-state index in [-0.39, 0.29) is 18.5 Å². The first kappa shape index (κ1) is 17.4. The van der Waals surface area contributed by atoms with Crippen molar-refractivity contribution in [1.29, 1.82) is 0 Å². The lowest BCUT2D eigenvalue weighted by molar-refractivity contribution is -0.121. The largest absolute Gasteiger partial charge is 0.293 e. The molecule has 0 aliphatic carbocycles. The van der Waals surface area contributed by atoms with Gasteiger partial charge in [-0.05, 0) is 29.8 Å². The van der Waals surface area contributed by atoms with Gasteiger partial charge in [-0.3, -0.25) is 19.6 Å². The van der Waals surface area contributed by atoms with Crippen LogP contribution in [0.3, 0.4) is 0 Å². The van der Waals surface area contributed by atoms with Crippen molar-refractivity contribution in [3.63, 3.8) is 0 Å². The zero-order chi connectivity index (χ0) is 18.0. The van der Waals surface area contributed by atoms with Crippen LogP contribution in [0.5, 0.6) is 0 Å². The predicted octanol–water partition coefficient (Wildman–Crippen LogP) is 2.28. The summed E-state index contributed by atoms with van der Waals surface area (Å²) in [6.45, 7) is -0.228. The van der Waals surface area contributed by atoms with Gasteiger partial charge in [0, 0.05) is 16.5 Å². The van der Waals surface area contributed by atoms with Crippen LogP contribution in [-0.2, 0) is 17.8 Å². The third kappa shape index (κ3) is 3.66. The Balaban J connectivity index is 2.15. The number of fused-ring (bicyclic) bond motifs is 1. The van der Waals surface area contributed by atoms with E-state index in [1.807, 2.05) is 5.43 Å². The van der Waals surface area contributed by atoms with E-state index in [2.05, 4.69) is 4.98 Å². The number of aromatic nitrogens is 2. The number of hydrazine groups is 1. The van der Waals surface area contributed by atoms with Crippen molar-refractivity contribution in [1.82, 2.24) is 15.0 Å². The smallest absolute Gasteiger partial charge is 0.261 e. The molecular formula is C17H14Cl2N4O2. The lowest BCUT2D eigenvalue weighted by Crippen LogP contribution is -2.37. The molecule has 0 spiro atoms. The maximum absolute atomic E-state index is 12.8. The van der Waals surface area contributed by atoms with E-state index < -0.39 is 5.91 Å². The van der Waals surface area contributed by atoms with Crippen LogP contribution in [0.2, 0.25) is 10.0 Å².